The highest BCUT2D eigenvalue weighted by atomic mass is 32.2. The van der Waals surface area contributed by atoms with E-state index in [1.807, 2.05) is 39.0 Å². The number of rotatable bonds is 6. The van der Waals surface area contributed by atoms with Crippen LogP contribution in [0.5, 0.6) is 0 Å². The van der Waals surface area contributed by atoms with Crippen molar-refractivity contribution in [1.82, 2.24) is 5.32 Å². The number of benzene rings is 2. The predicted octanol–water partition coefficient (Wildman–Crippen LogP) is 4.63. The van der Waals surface area contributed by atoms with Crippen LogP contribution < -0.4 is 9.62 Å². The Balaban J connectivity index is 2.23. The summed E-state index contributed by atoms with van der Waals surface area (Å²) in [6, 6.07) is 12.4. The molecule has 0 unspecified atom stereocenters. The molecule has 0 radical (unpaired) electrons. The van der Waals surface area contributed by atoms with Crippen molar-refractivity contribution in [1.29, 1.82) is 0 Å². The molecule has 0 aliphatic rings. The van der Waals surface area contributed by atoms with Crippen molar-refractivity contribution in [3.63, 3.8) is 0 Å². The highest BCUT2D eigenvalue weighted by molar-refractivity contribution is 7.92. The number of amides is 1. The van der Waals surface area contributed by atoms with Gasteiger partial charge in [-0.05, 0) is 67.5 Å². The van der Waals surface area contributed by atoms with E-state index < -0.39 is 16.1 Å². The average Bonchev–Trinajstić information content (AvgIpc) is 2.63. The van der Waals surface area contributed by atoms with Gasteiger partial charge in [0.15, 0.2) is 0 Å². The highest BCUT2D eigenvalue weighted by Gasteiger charge is 2.30. The molecule has 0 bridgehead atoms. The summed E-state index contributed by atoms with van der Waals surface area (Å²) in [5, 5.41) is 2.96. The number of carbonyl (C=O) groups is 1. The number of aryl methyl sites for hydroxylation is 2. The maximum absolute atomic E-state index is 12.9. The Labute approximate surface area is 181 Å². The summed E-state index contributed by atoms with van der Waals surface area (Å²) >= 11 is 0. The SMILES string of the molecule is Cc1ccc(N([C@H](C)C(=O)N[C@@H](C)c2ccc(C(C)(C)C)cc2)S(C)(=O)=O)cc1C. The molecule has 0 fully saturated rings. The number of carbonyl (C=O) groups excluding carboxylic acids is 1. The lowest BCUT2D eigenvalue weighted by Gasteiger charge is -2.30. The third-order valence-corrected chi connectivity index (χ3v) is 6.71. The summed E-state index contributed by atoms with van der Waals surface area (Å²) in [5.74, 6) is -0.342. The van der Waals surface area contributed by atoms with Gasteiger partial charge >= 0.3 is 0 Å². The first-order chi connectivity index (χ1) is 13.7. The molecule has 0 saturated carbocycles. The van der Waals surface area contributed by atoms with E-state index in [4.69, 9.17) is 0 Å². The molecule has 2 aromatic carbocycles. The molecule has 0 aliphatic carbocycles. The molecule has 1 amide bonds. The molecular formula is C24H34N2O3S. The lowest BCUT2D eigenvalue weighted by Crippen LogP contribution is -2.48. The number of sulfonamides is 1. The van der Waals surface area contributed by atoms with Crippen molar-refractivity contribution in [2.24, 2.45) is 0 Å². The van der Waals surface area contributed by atoms with Crippen LogP contribution in [0.4, 0.5) is 5.69 Å². The Morgan fingerprint density at radius 3 is 2.00 bits per heavy atom. The minimum atomic E-state index is -3.64. The standard InChI is InChI=1S/C24H34N2O3S/c1-16-9-14-22(15-17(16)2)26(30(8,28)29)19(4)23(27)25-18(3)20-10-12-21(13-11-20)24(5,6)7/h9-15,18-19H,1-8H3,(H,25,27)/t18-,19+/m0/s1. The highest BCUT2D eigenvalue weighted by Crippen LogP contribution is 2.26. The molecule has 30 heavy (non-hydrogen) atoms. The Bertz CT molecular complexity index is 1010. The Morgan fingerprint density at radius 1 is 0.967 bits per heavy atom. The van der Waals surface area contributed by atoms with Crippen LogP contribution in [0.15, 0.2) is 42.5 Å². The zero-order valence-electron chi connectivity index (χ0n) is 19.3. The summed E-state index contributed by atoms with van der Waals surface area (Å²) in [7, 11) is -3.64. The monoisotopic (exact) mass is 430 g/mol. The summed E-state index contributed by atoms with van der Waals surface area (Å²) in [4.78, 5) is 12.9. The molecule has 2 rings (SSSR count). The van der Waals surface area contributed by atoms with Gasteiger partial charge < -0.3 is 5.32 Å². The van der Waals surface area contributed by atoms with Gasteiger partial charge in [-0.1, -0.05) is 51.1 Å². The first kappa shape index (κ1) is 23.9. The minimum absolute atomic E-state index is 0.0572. The molecule has 0 heterocycles. The van der Waals surface area contributed by atoms with Crippen molar-refractivity contribution < 1.29 is 13.2 Å². The van der Waals surface area contributed by atoms with E-state index in [0.717, 1.165) is 22.9 Å². The first-order valence-electron chi connectivity index (χ1n) is 10.2. The second-order valence-corrected chi connectivity index (χ2v) is 11.0. The molecule has 0 saturated heterocycles. The van der Waals surface area contributed by atoms with Crippen LogP contribution in [0, 0.1) is 13.8 Å². The summed E-state index contributed by atoms with van der Waals surface area (Å²) in [6.07, 6.45) is 1.13. The molecule has 1 N–H and O–H groups in total. The van der Waals surface area contributed by atoms with Crippen molar-refractivity contribution >= 4 is 21.6 Å². The van der Waals surface area contributed by atoms with E-state index in [0.29, 0.717) is 5.69 Å². The lowest BCUT2D eigenvalue weighted by atomic mass is 9.86. The van der Waals surface area contributed by atoms with Gasteiger partial charge in [0, 0.05) is 0 Å². The van der Waals surface area contributed by atoms with Crippen molar-refractivity contribution in [3.05, 3.63) is 64.7 Å². The second kappa shape index (κ2) is 8.80. The maximum Gasteiger partial charge on any atom is 0.244 e. The zero-order valence-corrected chi connectivity index (χ0v) is 20.1. The molecule has 0 spiro atoms. The Morgan fingerprint density at radius 2 is 1.53 bits per heavy atom. The van der Waals surface area contributed by atoms with Gasteiger partial charge in [-0.25, -0.2) is 8.42 Å². The number of nitrogens with one attached hydrogen (secondary N) is 1. The second-order valence-electron chi connectivity index (χ2n) is 9.11. The van der Waals surface area contributed by atoms with Crippen molar-refractivity contribution in [3.8, 4) is 0 Å². The van der Waals surface area contributed by atoms with Gasteiger partial charge in [0.25, 0.3) is 0 Å². The van der Waals surface area contributed by atoms with E-state index in [2.05, 4.69) is 38.2 Å². The van der Waals surface area contributed by atoms with Crippen LogP contribution in [-0.2, 0) is 20.2 Å². The van der Waals surface area contributed by atoms with E-state index in [1.165, 1.54) is 9.87 Å². The van der Waals surface area contributed by atoms with Gasteiger partial charge in [-0.2, -0.15) is 0 Å². The van der Waals surface area contributed by atoms with Gasteiger partial charge in [-0.3, -0.25) is 9.10 Å². The largest absolute Gasteiger partial charge is 0.348 e. The van der Waals surface area contributed by atoms with E-state index >= 15 is 0 Å². The molecule has 5 nitrogen and oxygen atoms in total. The minimum Gasteiger partial charge on any atom is -0.348 e. The van der Waals surface area contributed by atoms with Gasteiger partial charge in [0.1, 0.15) is 6.04 Å². The van der Waals surface area contributed by atoms with E-state index in [9.17, 15) is 13.2 Å². The molecule has 2 atom stereocenters. The third-order valence-electron chi connectivity index (χ3n) is 5.47. The van der Waals surface area contributed by atoms with E-state index in [-0.39, 0.29) is 17.4 Å². The molecule has 6 heteroatoms. The normalized spacial score (nSPS) is 14.1. The first-order valence-corrected chi connectivity index (χ1v) is 12.0. The number of hydrogen-bond donors (Lipinski definition) is 1. The fourth-order valence-electron chi connectivity index (χ4n) is 3.36. The van der Waals surface area contributed by atoms with Gasteiger partial charge in [-0.15, -0.1) is 0 Å². The van der Waals surface area contributed by atoms with Crippen LogP contribution in [0.25, 0.3) is 0 Å². The van der Waals surface area contributed by atoms with Gasteiger partial charge in [0.05, 0.1) is 18.0 Å². The topological polar surface area (TPSA) is 66.5 Å². The van der Waals surface area contributed by atoms with Crippen LogP contribution >= 0.6 is 0 Å². The van der Waals surface area contributed by atoms with Crippen LogP contribution in [0.2, 0.25) is 0 Å². The maximum atomic E-state index is 12.9. The van der Waals surface area contributed by atoms with Gasteiger partial charge in [0.2, 0.25) is 15.9 Å². The molecular weight excluding hydrogens is 396 g/mol. The lowest BCUT2D eigenvalue weighted by molar-refractivity contribution is -0.122. The number of nitrogens with zero attached hydrogens (tertiary/aromatic N) is 1. The molecule has 0 aromatic heterocycles. The number of anilines is 1. The average molecular weight is 431 g/mol. The summed E-state index contributed by atoms with van der Waals surface area (Å²) in [5.41, 5.74) is 4.78. The van der Waals surface area contributed by atoms with Crippen LogP contribution in [0.1, 0.15) is 62.9 Å². The predicted molar refractivity (Wildman–Crippen MR) is 124 cm³/mol. The third kappa shape index (κ3) is 5.63. The van der Waals surface area contributed by atoms with E-state index in [1.54, 1.807) is 19.1 Å². The quantitative estimate of drug-likeness (QED) is 0.726. The zero-order chi connectivity index (χ0) is 22.9. The molecule has 0 aliphatic heterocycles. The fraction of sp³-hybridized carbons (Fsp3) is 0.458. The summed E-state index contributed by atoms with van der Waals surface area (Å²) in [6.45, 7) is 13.9. The smallest absolute Gasteiger partial charge is 0.244 e. The van der Waals surface area contributed by atoms with Crippen LogP contribution in [-0.4, -0.2) is 26.6 Å². The summed E-state index contributed by atoms with van der Waals surface area (Å²) < 4.78 is 26.2. The fourth-order valence-corrected chi connectivity index (χ4v) is 4.53. The van der Waals surface area contributed by atoms with Crippen molar-refractivity contribution in [2.75, 3.05) is 10.6 Å². The Hall–Kier alpha value is -2.34. The number of hydrogen-bond acceptors (Lipinski definition) is 3. The van der Waals surface area contributed by atoms with Crippen molar-refractivity contribution in [2.45, 2.75) is 66.0 Å². The van der Waals surface area contributed by atoms with Crippen LogP contribution in [0.3, 0.4) is 0 Å². The Kier molecular flexibility index (Phi) is 7.02. The molecule has 2 aromatic rings. The molecule has 164 valence electrons.